The van der Waals surface area contributed by atoms with Crippen LogP contribution in [0.3, 0.4) is 0 Å². The van der Waals surface area contributed by atoms with Crippen LogP contribution in [0.4, 0.5) is 0 Å². The molecule has 1 heterocycles. The van der Waals surface area contributed by atoms with Crippen LogP contribution in [0.2, 0.25) is 0 Å². The molecule has 5 rings (SSSR count). The molecule has 0 bridgehead atoms. The van der Waals surface area contributed by atoms with Gasteiger partial charge in [-0.1, -0.05) is 67.1 Å². The average molecular weight is 729 g/mol. The van der Waals surface area contributed by atoms with Gasteiger partial charge in [0.25, 0.3) is 0 Å². The predicted molar refractivity (Wildman–Crippen MR) is 204 cm³/mol. The lowest BCUT2D eigenvalue weighted by molar-refractivity contribution is -0.165. The van der Waals surface area contributed by atoms with Crippen molar-refractivity contribution in [3.05, 3.63) is 130 Å². The Hall–Kier alpha value is -5.00. The van der Waals surface area contributed by atoms with E-state index in [1.54, 1.807) is 72.8 Å². The predicted octanol–water partition coefficient (Wildman–Crippen LogP) is 7.44. The number of Topliss-reactive ketones (excluding diaryl/α,β-unsaturated/α-hetero) is 4. The molecule has 1 fully saturated rings. The van der Waals surface area contributed by atoms with Crippen LogP contribution in [0, 0.1) is 13.8 Å². The molecule has 1 saturated heterocycles. The van der Waals surface area contributed by atoms with E-state index in [1.165, 1.54) is 0 Å². The third-order valence-corrected chi connectivity index (χ3v) is 7.90. The maximum Gasteiger partial charge on any atom is 0.170 e. The number of hydrogen-bond donors (Lipinski definition) is 2. The zero-order valence-corrected chi connectivity index (χ0v) is 30.0. The minimum atomic E-state index is -0.223. The van der Waals surface area contributed by atoms with E-state index in [2.05, 4.69) is 0 Å². The van der Waals surface area contributed by atoms with E-state index in [-0.39, 0.29) is 62.9 Å². The molecule has 0 radical (unpaired) electrons. The number of ether oxygens (including phenoxy) is 4. The first-order valence-electron chi connectivity index (χ1n) is 17.2. The van der Waals surface area contributed by atoms with E-state index in [0.29, 0.717) is 47.0 Å². The monoisotopic (exact) mass is 728 g/mol. The average Bonchev–Trinajstić information content (AvgIpc) is 3.18. The second-order valence-corrected chi connectivity index (χ2v) is 11.9. The Kier molecular flexibility index (Phi) is 20.2. The largest absolute Gasteiger partial charge is 0.491 e. The summed E-state index contributed by atoms with van der Waals surface area (Å²) in [6.07, 6.45) is 2.74. The van der Waals surface area contributed by atoms with Gasteiger partial charge in [0.05, 0.1) is 26.1 Å². The lowest BCUT2D eigenvalue weighted by Gasteiger charge is -2.22. The number of hydrogen-bond acceptors (Lipinski definition) is 10. The Balaban J connectivity index is 0.000000353. The lowest BCUT2D eigenvalue weighted by Crippen LogP contribution is -2.24. The van der Waals surface area contributed by atoms with E-state index in [9.17, 15) is 19.2 Å². The molecule has 0 aromatic heterocycles. The fraction of sp³-hybridized carbons (Fsp3) is 0.349. The van der Waals surface area contributed by atoms with Crippen LogP contribution in [0.5, 0.6) is 11.5 Å². The Morgan fingerprint density at radius 3 is 1.32 bits per heavy atom. The van der Waals surface area contributed by atoms with Gasteiger partial charge in [0, 0.05) is 36.0 Å². The highest BCUT2D eigenvalue weighted by Gasteiger charge is 2.16. The number of aliphatic hydroxyl groups excluding tert-OH is 2. The van der Waals surface area contributed by atoms with Crippen molar-refractivity contribution in [3.8, 4) is 11.5 Å². The first-order chi connectivity index (χ1) is 25.2. The Labute approximate surface area is 312 Å². The number of aryl methyl sites for hydroxylation is 2. The van der Waals surface area contributed by atoms with E-state index in [1.807, 2.05) is 38.1 Å². The van der Waals surface area contributed by atoms with Gasteiger partial charge in [-0.2, -0.15) is 0 Å². The molecule has 2 N–H and O–H groups in total. The summed E-state index contributed by atoms with van der Waals surface area (Å²) in [6, 6.07) is 27.8. The summed E-state index contributed by atoms with van der Waals surface area (Å²) in [7, 11) is 1.00. The van der Waals surface area contributed by atoms with Crippen molar-refractivity contribution in [2.45, 2.75) is 59.7 Å². The minimum Gasteiger partial charge on any atom is -0.491 e. The van der Waals surface area contributed by atoms with Crippen LogP contribution < -0.4 is 9.47 Å². The highest BCUT2D eigenvalue weighted by atomic mass is 16.7. The molecular weight excluding hydrogens is 676 g/mol. The maximum atomic E-state index is 12.3. The molecular formula is C43H52O10. The number of benzene rings is 4. The molecule has 4 aromatic rings. The normalized spacial score (nSPS) is 13.1. The van der Waals surface area contributed by atoms with Gasteiger partial charge in [0.2, 0.25) is 0 Å². The van der Waals surface area contributed by atoms with Crippen molar-refractivity contribution in [1.82, 2.24) is 0 Å². The van der Waals surface area contributed by atoms with Crippen LogP contribution in [-0.4, -0.2) is 79.8 Å². The van der Waals surface area contributed by atoms with E-state index in [4.69, 9.17) is 29.2 Å². The van der Waals surface area contributed by atoms with Crippen molar-refractivity contribution in [2.75, 3.05) is 40.1 Å². The van der Waals surface area contributed by atoms with Gasteiger partial charge in [0.15, 0.2) is 29.4 Å². The molecule has 10 heteroatoms. The van der Waals surface area contributed by atoms with Gasteiger partial charge in [-0.05, 0) is 81.6 Å². The number of carbonyl (C=O) groups is 4. The summed E-state index contributed by atoms with van der Waals surface area (Å²) in [5.41, 5.74) is 4.22. The van der Waals surface area contributed by atoms with Crippen molar-refractivity contribution in [3.63, 3.8) is 0 Å². The molecule has 10 nitrogen and oxygen atoms in total. The van der Waals surface area contributed by atoms with Crippen molar-refractivity contribution in [2.24, 2.45) is 0 Å². The summed E-state index contributed by atoms with van der Waals surface area (Å²) >= 11 is 0. The second-order valence-electron chi connectivity index (χ2n) is 11.9. The van der Waals surface area contributed by atoms with Gasteiger partial charge in [0.1, 0.15) is 24.7 Å². The molecule has 4 aromatic carbocycles. The fourth-order valence-corrected chi connectivity index (χ4v) is 5.00. The molecule has 1 aliphatic rings. The maximum absolute atomic E-state index is 12.3. The summed E-state index contributed by atoms with van der Waals surface area (Å²) < 4.78 is 22.0. The van der Waals surface area contributed by atoms with E-state index < -0.39 is 0 Å². The number of rotatable bonds is 16. The van der Waals surface area contributed by atoms with Crippen LogP contribution in [0.1, 0.15) is 92.1 Å². The van der Waals surface area contributed by atoms with Crippen LogP contribution in [0.25, 0.3) is 0 Å². The Morgan fingerprint density at radius 1 is 0.585 bits per heavy atom. The Morgan fingerprint density at radius 2 is 0.962 bits per heavy atom. The number of aliphatic hydroxyl groups is 2. The van der Waals surface area contributed by atoms with Gasteiger partial charge in [-0.15, -0.1) is 0 Å². The van der Waals surface area contributed by atoms with Crippen molar-refractivity contribution < 1.29 is 48.3 Å². The molecule has 284 valence electrons. The van der Waals surface area contributed by atoms with Gasteiger partial charge >= 0.3 is 0 Å². The smallest absolute Gasteiger partial charge is 0.170 e. The zero-order valence-electron chi connectivity index (χ0n) is 30.0. The third kappa shape index (κ3) is 15.6. The highest BCUT2D eigenvalue weighted by molar-refractivity contribution is 6.14. The van der Waals surface area contributed by atoms with E-state index in [0.717, 1.165) is 44.1 Å². The van der Waals surface area contributed by atoms with Crippen LogP contribution in [0.15, 0.2) is 97.1 Å². The quantitative estimate of drug-likeness (QED) is 0.0678. The first-order valence-corrected chi connectivity index (χ1v) is 17.2. The molecule has 1 atom stereocenters. The lowest BCUT2D eigenvalue weighted by atomic mass is 10.0. The van der Waals surface area contributed by atoms with Gasteiger partial charge in [-0.3, -0.25) is 19.2 Å². The van der Waals surface area contributed by atoms with Crippen molar-refractivity contribution in [1.29, 1.82) is 0 Å². The SMILES string of the molecule is C.CO.Cc1ccc(C(=O)CC(=O)c2ccc(OCCO)cc2)cc1.Cc1ccc(C(=O)CC(=O)c2ccc(OCCOC3CCCCO3)cc2)cc1. The molecule has 0 aliphatic carbocycles. The zero-order chi connectivity index (χ0) is 37.7. The van der Waals surface area contributed by atoms with Crippen molar-refractivity contribution >= 4 is 23.1 Å². The summed E-state index contributed by atoms with van der Waals surface area (Å²) in [4.78, 5) is 48.8. The summed E-state index contributed by atoms with van der Waals surface area (Å²) in [5, 5.41) is 15.7. The Bertz CT molecular complexity index is 1670. The molecule has 53 heavy (non-hydrogen) atoms. The minimum absolute atomic E-state index is 0. The fourth-order valence-electron chi connectivity index (χ4n) is 5.00. The molecule has 0 spiro atoms. The topological polar surface area (TPSA) is 146 Å². The summed E-state index contributed by atoms with van der Waals surface area (Å²) in [6.45, 7) is 5.67. The molecule has 0 amide bonds. The van der Waals surface area contributed by atoms with Gasteiger partial charge < -0.3 is 29.2 Å². The summed E-state index contributed by atoms with van der Waals surface area (Å²) in [5.74, 6) is 0.456. The number of carbonyl (C=O) groups excluding carboxylic acids is 4. The molecule has 1 unspecified atom stereocenters. The molecule has 0 saturated carbocycles. The van der Waals surface area contributed by atoms with Crippen LogP contribution >= 0.6 is 0 Å². The van der Waals surface area contributed by atoms with E-state index >= 15 is 0 Å². The standard InChI is InChI=1S/C23H26O5.C18H18O4.CH4O.CH4/c1-17-5-7-18(8-6-17)21(24)16-22(25)19-9-11-20(12-10-19)26-14-15-28-23-4-2-3-13-27-23;1-13-2-4-14(5-3-13)17(20)12-18(21)15-6-8-16(9-7-15)22-11-10-19;1-2;/h5-12,23H,2-4,13-16H2,1H3;2-9,19H,10-12H2,1H3;2H,1H3;1H4. The number of ketones is 4. The molecule has 1 aliphatic heterocycles. The third-order valence-electron chi connectivity index (χ3n) is 7.90. The second kappa shape index (κ2) is 24.3. The first kappa shape index (κ1) is 44.2. The van der Waals surface area contributed by atoms with Crippen LogP contribution in [-0.2, 0) is 9.47 Å². The van der Waals surface area contributed by atoms with Gasteiger partial charge in [-0.25, -0.2) is 0 Å². The highest BCUT2D eigenvalue weighted by Crippen LogP contribution is 2.18.